The van der Waals surface area contributed by atoms with E-state index in [9.17, 15) is 13.2 Å². The maximum Gasteiger partial charge on any atom is 0.262 e. The molecule has 0 aliphatic carbocycles. The largest absolute Gasteiger partial charge is 0.345 e. The molecule has 0 aliphatic heterocycles. The Bertz CT molecular complexity index is 1110. The van der Waals surface area contributed by atoms with Crippen LogP contribution in [0.25, 0.3) is 0 Å². The molecule has 0 saturated carbocycles. The van der Waals surface area contributed by atoms with E-state index in [4.69, 9.17) is 0 Å². The van der Waals surface area contributed by atoms with Gasteiger partial charge in [-0.3, -0.25) is 14.5 Å². The second-order valence-electron chi connectivity index (χ2n) is 6.93. The summed E-state index contributed by atoms with van der Waals surface area (Å²) in [6.07, 6.45) is 3.38. The first-order valence-electron chi connectivity index (χ1n) is 9.17. The summed E-state index contributed by atoms with van der Waals surface area (Å²) in [5, 5.41) is 2.90. The van der Waals surface area contributed by atoms with Gasteiger partial charge in [0.15, 0.2) is 0 Å². The number of aromatic nitrogens is 1. The molecule has 0 saturated heterocycles. The van der Waals surface area contributed by atoms with Gasteiger partial charge in [0.1, 0.15) is 0 Å². The van der Waals surface area contributed by atoms with E-state index in [1.165, 1.54) is 0 Å². The lowest BCUT2D eigenvalue weighted by Crippen LogP contribution is -2.26. The molecule has 1 heterocycles. The summed E-state index contributed by atoms with van der Waals surface area (Å²) in [7, 11) is -3.71. The molecule has 0 spiro atoms. The van der Waals surface area contributed by atoms with E-state index in [-0.39, 0.29) is 16.8 Å². The normalized spacial score (nSPS) is 12.2. The molecule has 7 heteroatoms. The number of carbonyl (C=O) groups is 1. The molecule has 2 N–H and O–H groups in total. The average molecular weight is 410 g/mol. The van der Waals surface area contributed by atoms with Gasteiger partial charge in [0.2, 0.25) is 0 Å². The van der Waals surface area contributed by atoms with Gasteiger partial charge in [-0.25, -0.2) is 8.42 Å². The van der Waals surface area contributed by atoms with Crippen LogP contribution in [0, 0.1) is 13.8 Å². The average Bonchev–Trinajstić information content (AvgIpc) is 2.70. The van der Waals surface area contributed by atoms with Crippen LogP contribution in [0.4, 0.5) is 5.69 Å². The van der Waals surface area contributed by atoms with E-state index < -0.39 is 10.0 Å². The van der Waals surface area contributed by atoms with Crippen molar-refractivity contribution in [1.29, 1.82) is 0 Å². The molecule has 0 bridgehead atoms. The molecule has 1 aromatic heterocycles. The van der Waals surface area contributed by atoms with Crippen LogP contribution in [-0.2, 0) is 10.0 Å². The molecule has 0 aliphatic rings. The Hall–Kier alpha value is -3.19. The van der Waals surface area contributed by atoms with E-state index in [0.29, 0.717) is 16.8 Å². The van der Waals surface area contributed by atoms with Crippen LogP contribution in [-0.4, -0.2) is 19.3 Å². The predicted molar refractivity (Wildman–Crippen MR) is 113 cm³/mol. The Kier molecular flexibility index (Phi) is 5.98. The van der Waals surface area contributed by atoms with Gasteiger partial charge in [0.25, 0.3) is 15.9 Å². The van der Waals surface area contributed by atoms with Crippen molar-refractivity contribution in [2.75, 3.05) is 4.72 Å². The second-order valence-corrected chi connectivity index (χ2v) is 8.58. The highest BCUT2D eigenvalue weighted by Crippen LogP contribution is 2.21. The van der Waals surface area contributed by atoms with E-state index in [1.807, 2.05) is 32.0 Å². The molecular weight excluding hydrogens is 386 g/mol. The molecule has 0 radical (unpaired) electrons. The molecule has 2 aromatic carbocycles. The Labute approximate surface area is 171 Å². The number of amides is 1. The predicted octanol–water partition coefficient (Wildman–Crippen LogP) is 3.99. The van der Waals surface area contributed by atoms with Crippen molar-refractivity contribution in [1.82, 2.24) is 10.3 Å². The fraction of sp³-hybridized carbons (Fsp3) is 0.182. The lowest BCUT2D eigenvalue weighted by atomic mass is 10.1. The van der Waals surface area contributed by atoms with Crippen LogP contribution < -0.4 is 10.0 Å². The van der Waals surface area contributed by atoms with Crippen molar-refractivity contribution >= 4 is 21.6 Å². The summed E-state index contributed by atoms with van der Waals surface area (Å²) < 4.78 is 28.0. The van der Waals surface area contributed by atoms with Gasteiger partial charge in [-0.05, 0) is 73.9 Å². The maximum absolute atomic E-state index is 12.7. The topological polar surface area (TPSA) is 88.2 Å². The highest BCUT2D eigenvalue weighted by molar-refractivity contribution is 7.92. The Morgan fingerprint density at radius 3 is 2.41 bits per heavy atom. The van der Waals surface area contributed by atoms with Crippen molar-refractivity contribution in [3.8, 4) is 0 Å². The standard InChI is InChI=1S/C22H23N3O3S/c1-15-6-7-16(2)21(13-15)29(27,28)25-20-10-8-18(9-11-20)22(26)24-17(3)19-5-4-12-23-14-19/h4-14,17,25H,1-3H3,(H,24,26). The van der Waals surface area contributed by atoms with E-state index in [1.54, 1.807) is 55.7 Å². The first-order chi connectivity index (χ1) is 13.8. The van der Waals surface area contributed by atoms with Crippen molar-refractivity contribution < 1.29 is 13.2 Å². The van der Waals surface area contributed by atoms with Crippen LogP contribution in [0.3, 0.4) is 0 Å². The first kappa shape index (κ1) is 20.5. The fourth-order valence-corrected chi connectivity index (χ4v) is 4.28. The number of nitrogens with one attached hydrogen (secondary N) is 2. The molecule has 3 aromatic rings. The molecule has 1 unspecified atom stereocenters. The number of benzene rings is 2. The number of pyridine rings is 1. The number of rotatable bonds is 6. The highest BCUT2D eigenvalue weighted by Gasteiger charge is 2.18. The lowest BCUT2D eigenvalue weighted by Gasteiger charge is -2.14. The van der Waals surface area contributed by atoms with Gasteiger partial charge in [0, 0.05) is 23.6 Å². The summed E-state index contributed by atoms with van der Waals surface area (Å²) in [6.45, 7) is 5.48. The molecule has 29 heavy (non-hydrogen) atoms. The number of hydrogen-bond acceptors (Lipinski definition) is 4. The fourth-order valence-electron chi connectivity index (χ4n) is 2.89. The first-order valence-corrected chi connectivity index (χ1v) is 10.7. The zero-order valence-corrected chi connectivity index (χ0v) is 17.3. The third-order valence-corrected chi connectivity index (χ3v) is 6.09. The van der Waals surface area contributed by atoms with E-state index >= 15 is 0 Å². The van der Waals surface area contributed by atoms with Crippen LogP contribution in [0.1, 0.15) is 40.0 Å². The van der Waals surface area contributed by atoms with E-state index in [0.717, 1.165) is 11.1 Å². The summed E-state index contributed by atoms with van der Waals surface area (Å²) in [6, 6.07) is 15.1. The minimum absolute atomic E-state index is 0.196. The van der Waals surface area contributed by atoms with Crippen molar-refractivity contribution in [2.45, 2.75) is 31.7 Å². The number of anilines is 1. The van der Waals surface area contributed by atoms with Crippen LogP contribution in [0.15, 0.2) is 71.9 Å². The third kappa shape index (κ3) is 5.00. The molecule has 3 rings (SSSR count). The van der Waals surface area contributed by atoms with Gasteiger partial charge in [-0.1, -0.05) is 18.2 Å². The van der Waals surface area contributed by atoms with Crippen molar-refractivity contribution in [3.05, 3.63) is 89.2 Å². The zero-order chi connectivity index (χ0) is 21.0. The molecule has 1 atom stereocenters. The monoisotopic (exact) mass is 409 g/mol. The number of sulfonamides is 1. The van der Waals surface area contributed by atoms with Crippen LogP contribution in [0.2, 0.25) is 0 Å². The number of hydrogen-bond donors (Lipinski definition) is 2. The second kappa shape index (κ2) is 8.45. The third-order valence-electron chi connectivity index (χ3n) is 4.56. The maximum atomic E-state index is 12.7. The zero-order valence-electron chi connectivity index (χ0n) is 16.5. The summed E-state index contributed by atoms with van der Waals surface area (Å²) in [5.41, 5.74) is 3.27. The van der Waals surface area contributed by atoms with Gasteiger partial charge < -0.3 is 5.32 Å². The summed E-state index contributed by atoms with van der Waals surface area (Å²) in [4.78, 5) is 16.8. The lowest BCUT2D eigenvalue weighted by molar-refractivity contribution is 0.0940. The van der Waals surface area contributed by atoms with Crippen LogP contribution in [0.5, 0.6) is 0 Å². The Balaban J connectivity index is 1.71. The molecule has 6 nitrogen and oxygen atoms in total. The number of aryl methyl sites for hydroxylation is 2. The molecule has 150 valence electrons. The minimum Gasteiger partial charge on any atom is -0.345 e. The van der Waals surface area contributed by atoms with Crippen LogP contribution >= 0.6 is 0 Å². The van der Waals surface area contributed by atoms with Gasteiger partial charge >= 0.3 is 0 Å². The Morgan fingerprint density at radius 2 is 1.76 bits per heavy atom. The number of carbonyl (C=O) groups excluding carboxylic acids is 1. The van der Waals surface area contributed by atoms with Crippen molar-refractivity contribution in [2.24, 2.45) is 0 Å². The van der Waals surface area contributed by atoms with Crippen molar-refractivity contribution in [3.63, 3.8) is 0 Å². The van der Waals surface area contributed by atoms with E-state index in [2.05, 4.69) is 15.0 Å². The summed E-state index contributed by atoms with van der Waals surface area (Å²) in [5.74, 6) is -0.245. The van der Waals surface area contributed by atoms with Gasteiger partial charge in [-0.2, -0.15) is 0 Å². The molecular formula is C22H23N3O3S. The smallest absolute Gasteiger partial charge is 0.262 e. The SMILES string of the molecule is Cc1ccc(C)c(S(=O)(=O)Nc2ccc(C(=O)NC(C)c3cccnc3)cc2)c1. The van der Waals surface area contributed by atoms with Gasteiger partial charge in [-0.15, -0.1) is 0 Å². The molecule has 1 amide bonds. The molecule has 0 fully saturated rings. The summed E-state index contributed by atoms with van der Waals surface area (Å²) >= 11 is 0. The minimum atomic E-state index is -3.71. The Morgan fingerprint density at radius 1 is 1.03 bits per heavy atom. The van der Waals surface area contributed by atoms with Gasteiger partial charge in [0.05, 0.1) is 10.9 Å². The quantitative estimate of drug-likeness (QED) is 0.644. The number of nitrogens with zero attached hydrogens (tertiary/aromatic N) is 1. The highest BCUT2D eigenvalue weighted by atomic mass is 32.2.